The Bertz CT molecular complexity index is 701. The molecule has 124 valence electrons. The van der Waals surface area contributed by atoms with Gasteiger partial charge in [0.2, 0.25) is 0 Å². The summed E-state index contributed by atoms with van der Waals surface area (Å²) in [6.45, 7) is 6.14. The van der Waals surface area contributed by atoms with Crippen molar-refractivity contribution in [3.8, 4) is 0 Å². The van der Waals surface area contributed by atoms with Gasteiger partial charge in [0.25, 0.3) is 0 Å². The molecule has 1 atom stereocenters. The Hall–Kier alpha value is -2.22. The van der Waals surface area contributed by atoms with Gasteiger partial charge < -0.3 is 9.47 Å². The molecule has 3 rings (SSSR count). The molecule has 0 aromatic carbocycles. The SMILES string of the molecule is CC(C)(C)OC(=O)Nc1ncnc2c1ncn2C1CCCCO1. The second kappa shape index (κ2) is 6.11. The third kappa shape index (κ3) is 3.58. The molecular formula is C15H21N5O3. The lowest BCUT2D eigenvalue weighted by atomic mass is 10.2. The molecule has 0 aliphatic carbocycles. The minimum atomic E-state index is -0.578. The molecule has 0 radical (unpaired) electrons. The van der Waals surface area contributed by atoms with E-state index in [9.17, 15) is 4.79 Å². The maximum absolute atomic E-state index is 11.9. The van der Waals surface area contributed by atoms with Gasteiger partial charge in [-0.2, -0.15) is 0 Å². The molecule has 8 heteroatoms. The van der Waals surface area contributed by atoms with Gasteiger partial charge in [0.15, 0.2) is 17.0 Å². The van der Waals surface area contributed by atoms with E-state index in [1.54, 1.807) is 27.1 Å². The molecule has 0 spiro atoms. The summed E-state index contributed by atoms with van der Waals surface area (Å²) in [5.74, 6) is 0.332. The van der Waals surface area contributed by atoms with Gasteiger partial charge in [0.05, 0.1) is 6.33 Å². The van der Waals surface area contributed by atoms with Crippen LogP contribution in [-0.2, 0) is 9.47 Å². The minimum Gasteiger partial charge on any atom is -0.444 e. The number of hydrogen-bond acceptors (Lipinski definition) is 6. The third-order valence-electron chi connectivity index (χ3n) is 3.44. The van der Waals surface area contributed by atoms with Gasteiger partial charge in [-0.1, -0.05) is 0 Å². The van der Waals surface area contributed by atoms with Crippen molar-refractivity contribution in [2.75, 3.05) is 11.9 Å². The average molecular weight is 319 g/mol. The molecular weight excluding hydrogens is 298 g/mol. The molecule has 2 aromatic heterocycles. The quantitative estimate of drug-likeness (QED) is 0.915. The van der Waals surface area contributed by atoms with Crippen molar-refractivity contribution in [2.24, 2.45) is 0 Å². The molecule has 0 saturated carbocycles. The summed E-state index contributed by atoms with van der Waals surface area (Å²) >= 11 is 0. The van der Waals surface area contributed by atoms with E-state index in [1.807, 2.05) is 4.57 Å². The first-order valence-corrected chi connectivity index (χ1v) is 7.73. The van der Waals surface area contributed by atoms with Crippen LogP contribution >= 0.6 is 0 Å². The summed E-state index contributed by atoms with van der Waals surface area (Å²) in [7, 11) is 0. The fraction of sp³-hybridized carbons (Fsp3) is 0.600. The highest BCUT2D eigenvalue weighted by Gasteiger charge is 2.22. The number of rotatable bonds is 2. The zero-order valence-corrected chi connectivity index (χ0v) is 13.6. The monoisotopic (exact) mass is 319 g/mol. The standard InChI is InChI=1S/C15H21N5O3/c1-15(2,3)23-14(21)19-12-11-13(17-8-16-12)20(9-18-11)10-6-4-5-7-22-10/h8-10H,4-7H2,1-3H3,(H,16,17,19,21). The zero-order valence-electron chi connectivity index (χ0n) is 13.6. The van der Waals surface area contributed by atoms with Gasteiger partial charge in [0, 0.05) is 6.61 Å². The van der Waals surface area contributed by atoms with Crippen molar-refractivity contribution in [1.82, 2.24) is 19.5 Å². The Morgan fingerprint density at radius 2 is 2.17 bits per heavy atom. The number of ether oxygens (including phenoxy) is 2. The number of aromatic nitrogens is 4. The number of nitrogens with one attached hydrogen (secondary N) is 1. The highest BCUT2D eigenvalue weighted by atomic mass is 16.6. The molecule has 1 fully saturated rings. The Morgan fingerprint density at radius 1 is 1.35 bits per heavy atom. The molecule has 1 aliphatic heterocycles. The zero-order chi connectivity index (χ0) is 16.4. The van der Waals surface area contributed by atoms with E-state index >= 15 is 0 Å². The number of hydrogen-bond donors (Lipinski definition) is 1. The van der Waals surface area contributed by atoms with Crippen LogP contribution in [0.4, 0.5) is 10.6 Å². The molecule has 1 saturated heterocycles. The first-order chi connectivity index (χ1) is 10.9. The third-order valence-corrected chi connectivity index (χ3v) is 3.44. The maximum atomic E-state index is 11.9. The maximum Gasteiger partial charge on any atom is 0.413 e. The summed E-state index contributed by atoms with van der Waals surface area (Å²) < 4.78 is 12.9. The summed E-state index contributed by atoms with van der Waals surface area (Å²) in [5.41, 5.74) is 0.580. The highest BCUT2D eigenvalue weighted by molar-refractivity contribution is 5.93. The van der Waals surface area contributed by atoms with E-state index in [-0.39, 0.29) is 6.23 Å². The number of carbonyl (C=O) groups is 1. The smallest absolute Gasteiger partial charge is 0.413 e. The molecule has 1 unspecified atom stereocenters. The van der Waals surface area contributed by atoms with Gasteiger partial charge in [-0.25, -0.2) is 19.7 Å². The fourth-order valence-electron chi connectivity index (χ4n) is 2.50. The molecule has 23 heavy (non-hydrogen) atoms. The van der Waals surface area contributed by atoms with Crippen LogP contribution in [0, 0.1) is 0 Å². The van der Waals surface area contributed by atoms with Crippen LogP contribution in [0.5, 0.6) is 0 Å². The van der Waals surface area contributed by atoms with Crippen LogP contribution < -0.4 is 5.32 Å². The number of anilines is 1. The second-order valence-electron chi connectivity index (χ2n) is 6.49. The van der Waals surface area contributed by atoms with Crippen LogP contribution in [0.2, 0.25) is 0 Å². The molecule has 1 aliphatic rings. The summed E-state index contributed by atoms with van der Waals surface area (Å²) in [4.78, 5) is 24.6. The Labute approximate surface area is 134 Å². The lowest BCUT2D eigenvalue weighted by molar-refractivity contribution is -0.0298. The molecule has 8 nitrogen and oxygen atoms in total. The summed E-state index contributed by atoms with van der Waals surface area (Å²) in [6.07, 6.45) is 5.54. The summed E-state index contributed by atoms with van der Waals surface area (Å²) in [6, 6.07) is 0. The number of imidazole rings is 1. The van der Waals surface area contributed by atoms with E-state index in [0.717, 1.165) is 25.9 Å². The fourth-order valence-corrected chi connectivity index (χ4v) is 2.50. The predicted molar refractivity (Wildman–Crippen MR) is 84.0 cm³/mol. The van der Waals surface area contributed by atoms with Gasteiger partial charge >= 0.3 is 6.09 Å². The van der Waals surface area contributed by atoms with Gasteiger partial charge in [-0.15, -0.1) is 0 Å². The first kappa shape index (κ1) is 15.7. The van der Waals surface area contributed by atoms with Gasteiger partial charge in [0.1, 0.15) is 18.2 Å². The summed E-state index contributed by atoms with van der Waals surface area (Å²) in [5, 5.41) is 2.63. The average Bonchev–Trinajstić information content (AvgIpc) is 2.91. The topological polar surface area (TPSA) is 91.2 Å². The lowest BCUT2D eigenvalue weighted by Crippen LogP contribution is -2.27. The van der Waals surface area contributed by atoms with Crippen molar-refractivity contribution in [3.63, 3.8) is 0 Å². The number of carbonyl (C=O) groups excluding carboxylic acids is 1. The largest absolute Gasteiger partial charge is 0.444 e. The van der Waals surface area contributed by atoms with Crippen LogP contribution in [0.1, 0.15) is 46.3 Å². The van der Waals surface area contributed by atoms with E-state index in [2.05, 4.69) is 20.3 Å². The number of fused-ring (bicyclic) bond motifs is 1. The van der Waals surface area contributed by atoms with E-state index in [1.165, 1.54) is 6.33 Å². The van der Waals surface area contributed by atoms with Crippen LogP contribution in [-0.4, -0.2) is 37.8 Å². The number of nitrogens with zero attached hydrogens (tertiary/aromatic N) is 4. The Kier molecular flexibility index (Phi) is 4.16. The van der Waals surface area contributed by atoms with Crippen molar-refractivity contribution in [1.29, 1.82) is 0 Å². The molecule has 1 amide bonds. The van der Waals surface area contributed by atoms with Crippen LogP contribution in [0.15, 0.2) is 12.7 Å². The Balaban J connectivity index is 1.85. The van der Waals surface area contributed by atoms with E-state index < -0.39 is 11.7 Å². The molecule has 3 heterocycles. The van der Waals surface area contributed by atoms with Crippen molar-refractivity contribution in [2.45, 2.75) is 51.9 Å². The number of amides is 1. The van der Waals surface area contributed by atoms with Crippen LogP contribution in [0.3, 0.4) is 0 Å². The minimum absolute atomic E-state index is 0.0713. The highest BCUT2D eigenvalue weighted by Crippen LogP contribution is 2.27. The normalized spacial score (nSPS) is 18.8. The van der Waals surface area contributed by atoms with E-state index in [4.69, 9.17) is 9.47 Å². The first-order valence-electron chi connectivity index (χ1n) is 7.73. The Morgan fingerprint density at radius 3 is 2.87 bits per heavy atom. The molecule has 1 N–H and O–H groups in total. The predicted octanol–water partition coefficient (Wildman–Crippen LogP) is 2.87. The molecule has 0 bridgehead atoms. The van der Waals surface area contributed by atoms with E-state index in [0.29, 0.717) is 17.0 Å². The van der Waals surface area contributed by atoms with Gasteiger partial charge in [-0.05, 0) is 40.0 Å². The second-order valence-corrected chi connectivity index (χ2v) is 6.49. The van der Waals surface area contributed by atoms with Crippen molar-refractivity contribution < 1.29 is 14.3 Å². The molecule has 2 aromatic rings. The lowest BCUT2D eigenvalue weighted by Gasteiger charge is -2.23. The van der Waals surface area contributed by atoms with Crippen LogP contribution in [0.25, 0.3) is 11.2 Å². The van der Waals surface area contributed by atoms with Gasteiger partial charge in [-0.3, -0.25) is 9.88 Å². The van der Waals surface area contributed by atoms with Crippen molar-refractivity contribution >= 4 is 23.1 Å². The van der Waals surface area contributed by atoms with Crippen molar-refractivity contribution in [3.05, 3.63) is 12.7 Å².